The predicted molar refractivity (Wildman–Crippen MR) is 93.2 cm³/mol. The zero-order valence-electron chi connectivity index (χ0n) is 14.5. The maximum atomic E-state index is 13.0. The molecule has 0 aliphatic carbocycles. The fraction of sp³-hybridized carbons (Fsp3) is 0.562. The Morgan fingerprint density at radius 1 is 1.38 bits per heavy atom. The number of carbonyl (C=O) groups is 1. The molecule has 0 spiro atoms. The lowest BCUT2D eigenvalue weighted by molar-refractivity contribution is -0.142. The van der Waals surface area contributed by atoms with Gasteiger partial charge in [-0.25, -0.2) is 13.1 Å². The van der Waals surface area contributed by atoms with Gasteiger partial charge in [0.2, 0.25) is 10.0 Å². The predicted octanol–water partition coefficient (Wildman–Crippen LogP) is 1.10. The Morgan fingerprint density at radius 2 is 2.19 bits per heavy atom. The Bertz CT molecular complexity index is 895. The molecule has 0 saturated carbocycles. The second-order valence-corrected chi connectivity index (χ2v) is 8.17. The minimum Gasteiger partial charge on any atom is -0.480 e. The first-order valence-electron chi connectivity index (χ1n) is 8.52. The molecule has 2 heterocycles. The minimum atomic E-state index is -3.90. The summed E-state index contributed by atoms with van der Waals surface area (Å²) < 4.78 is 33.7. The van der Waals surface area contributed by atoms with E-state index in [1.165, 1.54) is 12.1 Å². The van der Waals surface area contributed by atoms with Crippen molar-refractivity contribution in [1.29, 1.82) is 0 Å². The van der Waals surface area contributed by atoms with Gasteiger partial charge in [0, 0.05) is 26.8 Å². The average molecular weight is 382 g/mol. The maximum absolute atomic E-state index is 13.0. The summed E-state index contributed by atoms with van der Waals surface area (Å²) in [4.78, 5) is 11.5. The molecule has 1 fully saturated rings. The molecule has 142 valence electrons. The summed E-state index contributed by atoms with van der Waals surface area (Å²) in [7, 11) is -2.28. The number of methoxy groups -OCH3 is 1. The number of ether oxygens (including phenoxy) is 1. The molecule has 9 nitrogen and oxygen atoms in total. The van der Waals surface area contributed by atoms with Crippen LogP contribution in [-0.4, -0.2) is 65.1 Å². The van der Waals surface area contributed by atoms with E-state index in [1.54, 1.807) is 17.9 Å². The van der Waals surface area contributed by atoms with E-state index in [4.69, 9.17) is 4.74 Å². The molecule has 2 aromatic rings. The zero-order chi connectivity index (χ0) is 18.7. The van der Waals surface area contributed by atoms with Crippen molar-refractivity contribution in [1.82, 2.24) is 19.3 Å². The minimum absolute atomic E-state index is 0.0436. The Balaban J connectivity index is 1.90. The Hall–Kier alpha value is -2.04. The van der Waals surface area contributed by atoms with Crippen LogP contribution in [0.1, 0.15) is 25.7 Å². The lowest BCUT2D eigenvalue weighted by Crippen LogP contribution is -2.47. The molecule has 1 aliphatic heterocycles. The normalized spacial score (nSPS) is 19.0. The number of carboxylic acid groups (broad SMARTS) is 1. The van der Waals surface area contributed by atoms with Crippen LogP contribution in [0.2, 0.25) is 0 Å². The van der Waals surface area contributed by atoms with Crippen molar-refractivity contribution in [3.05, 3.63) is 18.2 Å². The van der Waals surface area contributed by atoms with Crippen LogP contribution in [0.3, 0.4) is 0 Å². The highest BCUT2D eigenvalue weighted by Gasteiger charge is 2.37. The van der Waals surface area contributed by atoms with Gasteiger partial charge in [0.25, 0.3) is 0 Å². The van der Waals surface area contributed by atoms with Crippen molar-refractivity contribution in [2.24, 2.45) is 0 Å². The quantitative estimate of drug-likeness (QED) is 0.713. The molecular formula is C16H22N4O5S. The maximum Gasteiger partial charge on any atom is 0.322 e. The van der Waals surface area contributed by atoms with Crippen LogP contribution < -0.4 is 0 Å². The first kappa shape index (κ1) is 18.7. The van der Waals surface area contributed by atoms with E-state index in [-0.39, 0.29) is 11.4 Å². The number of hydrogen-bond acceptors (Lipinski definition) is 6. The van der Waals surface area contributed by atoms with Crippen molar-refractivity contribution in [2.75, 3.05) is 20.3 Å². The van der Waals surface area contributed by atoms with Crippen molar-refractivity contribution < 1.29 is 23.1 Å². The highest BCUT2D eigenvalue weighted by Crippen LogP contribution is 2.27. The molecule has 1 aromatic heterocycles. The summed E-state index contributed by atoms with van der Waals surface area (Å²) in [6.07, 6.45) is 2.45. The topological polar surface area (TPSA) is 115 Å². The molecule has 1 N–H and O–H groups in total. The number of benzene rings is 1. The Morgan fingerprint density at radius 3 is 2.92 bits per heavy atom. The third kappa shape index (κ3) is 3.57. The molecule has 1 atom stereocenters. The van der Waals surface area contributed by atoms with Crippen molar-refractivity contribution >= 4 is 27.0 Å². The molecule has 1 aromatic carbocycles. The average Bonchev–Trinajstić information content (AvgIpc) is 3.04. The Labute approximate surface area is 151 Å². The van der Waals surface area contributed by atoms with Gasteiger partial charge in [0.15, 0.2) is 0 Å². The van der Waals surface area contributed by atoms with E-state index in [1.807, 2.05) is 0 Å². The number of piperidine rings is 1. The van der Waals surface area contributed by atoms with Crippen LogP contribution in [0.15, 0.2) is 23.1 Å². The molecule has 0 amide bonds. The first-order chi connectivity index (χ1) is 12.4. The number of hydrogen-bond donors (Lipinski definition) is 1. The first-order valence-corrected chi connectivity index (χ1v) is 9.96. The molecular weight excluding hydrogens is 360 g/mol. The molecule has 1 saturated heterocycles. The van der Waals surface area contributed by atoms with Crippen LogP contribution in [0.4, 0.5) is 0 Å². The highest BCUT2D eigenvalue weighted by molar-refractivity contribution is 7.89. The second kappa shape index (κ2) is 7.68. The molecule has 3 rings (SSSR count). The smallest absolute Gasteiger partial charge is 0.322 e. The third-order valence-corrected chi connectivity index (χ3v) is 6.45. The number of rotatable bonds is 7. The second-order valence-electron chi connectivity index (χ2n) is 6.28. The van der Waals surface area contributed by atoms with E-state index in [0.717, 1.165) is 16.2 Å². The summed E-state index contributed by atoms with van der Waals surface area (Å²) in [6, 6.07) is 3.59. The number of carboxylic acids is 1. The van der Waals surface area contributed by atoms with E-state index in [9.17, 15) is 18.3 Å². The van der Waals surface area contributed by atoms with Crippen LogP contribution in [-0.2, 0) is 26.1 Å². The summed E-state index contributed by atoms with van der Waals surface area (Å²) in [6.45, 7) is 1.42. The van der Waals surface area contributed by atoms with Crippen molar-refractivity contribution in [2.45, 2.75) is 43.2 Å². The van der Waals surface area contributed by atoms with Crippen molar-refractivity contribution in [3.8, 4) is 0 Å². The number of fused-ring (bicyclic) bond motifs is 1. The molecule has 0 radical (unpaired) electrons. The monoisotopic (exact) mass is 382 g/mol. The molecule has 1 unspecified atom stereocenters. The summed E-state index contributed by atoms with van der Waals surface area (Å²) in [5.74, 6) is -1.11. The van der Waals surface area contributed by atoms with Crippen LogP contribution >= 0.6 is 0 Å². The van der Waals surface area contributed by atoms with Crippen LogP contribution in [0.5, 0.6) is 0 Å². The van der Waals surface area contributed by atoms with Gasteiger partial charge in [0.05, 0.1) is 10.4 Å². The van der Waals surface area contributed by atoms with Gasteiger partial charge in [-0.1, -0.05) is 5.21 Å². The summed E-state index contributed by atoms with van der Waals surface area (Å²) >= 11 is 0. The lowest BCUT2D eigenvalue weighted by Gasteiger charge is -2.31. The van der Waals surface area contributed by atoms with Gasteiger partial charge in [0.1, 0.15) is 11.6 Å². The fourth-order valence-corrected chi connectivity index (χ4v) is 4.88. The summed E-state index contributed by atoms with van der Waals surface area (Å²) in [5, 5.41) is 17.5. The van der Waals surface area contributed by atoms with Gasteiger partial charge in [-0.05, 0) is 43.9 Å². The van der Waals surface area contributed by atoms with E-state index in [2.05, 4.69) is 10.3 Å². The van der Waals surface area contributed by atoms with Crippen LogP contribution in [0, 0.1) is 0 Å². The van der Waals surface area contributed by atoms with Gasteiger partial charge < -0.3 is 9.84 Å². The van der Waals surface area contributed by atoms with Gasteiger partial charge in [-0.15, -0.1) is 5.10 Å². The largest absolute Gasteiger partial charge is 0.480 e. The van der Waals surface area contributed by atoms with Crippen LogP contribution in [0.25, 0.3) is 11.0 Å². The molecule has 1 aliphatic rings. The molecule has 10 heteroatoms. The van der Waals surface area contributed by atoms with E-state index < -0.39 is 22.0 Å². The number of aryl methyl sites for hydroxylation is 1. The molecule has 0 bridgehead atoms. The fourth-order valence-electron chi connectivity index (χ4n) is 3.21. The zero-order valence-corrected chi connectivity index (χ0v) is 15.4. The van der Waals surface area contributed by atoms with E-state index in [0.29, 0.717) is 37.9 Å². The summed E-state index contributed by atoms with van der Waals surface area (Å²) in [5.41, 5.74) is 1.20. The number of aromatic nitrogens is 3. The standard InChI is InChI=1S/C16H22N4O5S/c1-25-10-4-8-19-14-7-6-12(11-13(14)17-18-19)26(23,24)20-9-3-2-5-15(20)16(21)22/h6-7,11,15H,2-5,8-10H2,1H3,(H,21,22). The van der Waals surface area contributed by atoms with Gasteiger partial charge >= 0.3 is 5.97 Å². The number of nitrogens with zero attached hydrogens (tertiary/aromatic N) is 4. The van der Waals surface area contributed by atoms with Gasteiger partial charge in [-0.2, -0.15) is 4.31 Å². The van der Waals surface area contributed by atoms with Crippen molar-refractivity contribution in [3.63, 3.8) is 0 Å². The SMILES string of the molecule is COCCCn1nnc2cc(S(=O)(=O)N3CCCCC3C(=O)O)ccc21. The van der Waals surface area contributed by atoms with E-state index >= 15 is 0 Å². The molecule has 26 heavy (non-hydrogen) atoms. The lowest BCUT2D eigenvalue weighted by atomic mass is 10.1. The number of sulfonamides is 1. The Kier molecular flexibility index (Phi) is 5.54. The number of aliphatic carboxylic acids is 1. The highest BCUT2D eigenvalue weighted by atomic mass is 32.2. The van der Waals surface area contributed by atoms with Gasteiger partial charge in [-0.3, -0.25) is 4.79 Å². The third-order valence-electron chi connectivity index (χ3n) is 4.55.